The second-order valence-electron chi connectivity index (χ2n) is 4.13. The van der Waals surface area contributed by atoms with E-state index in [4.69, 9.17) is 5.11 Å². The van der Waals surface area contributed by atoms with Crippen LogP contribution in [-0.2, 0) is 6.54 Å². The van der Waals surface area contributed by atoms with Gasteiger partial charge in [0.2, 0.25) is 5.95 Å². The number of aromatic nitrogens is 2. The van der Waals surface area contributed by atoms with Crippen LogP contribution in [0.15, 0.2) is 42.6 Å². The van der Waals surface area contributed by atoms with Crippen LogP contribution in [0.4, 0.5) is 5.95 Å². The highest BCUT2D eigenvalue weighted by molar-refractivity contribution is 5.32. The molecule has 0 saturated carbocycles. The van der Waals surface area contributed by atoms with Gasteiger partial charge in [0.15, 0.2) is 0 Å². The molecule has 0 spiro atoms. The molecule has 4 nitrogen and oxygen atoms in total. The number of aliphatic hydroxyl groups excluding tert-OH is 1. The molecule has 0 saturated heterocycles. The summed E-state index contributed by atoms with van der Waals surface area (Å²) in [5, 5.41) is 9.15. The summed E-state index contributed by atoms with van der Waals surface area (Å²) in [6, 6.07) is 12.0. The van der Waals surface area contributed by atoms with Crippen LogP contribution >= 0.6 is 0 Å². The average molecular weight is 243 g/mol. The van der Waals surface area contributed by atoms with E-state index in [-0.39, 0.29) is 6.61 Å². The van der Waals surface area contributed by atoms with Gasteiger partial charge in [-0.05, 0) is 18.6 Å². The molecule has 2 rings (SSSR count). The number of benzene rings is 1. The van der Waals surface area contributed by atoms with Crippen molar-refractivity contribution in [2.24, 2.45) is 0 Å². The Morgan fingerprint density at radius 1 is 1.17 bits per heavy atom. The van der Waals surface area contributed by atoms with Gasteiger partial charge >= 0.3 is 0 Å². The number of aryl methyl sites for hydroxylation is 1. The fourth-order valence-corrected chi connectivity index (χ4v) is 1.76. The van der Waals surface area contributed by atoms with Crippen LogP contribution < -0.4 is 4.90 Å². The second-order valence-corrected chi connectivity index (χ2v) is 4.13. The van der Waals surface area contributed by atoms with Crippen molar-refractivity contribution in [3.8, 4) is 0 Å². The quantitative estimate of drug-likeness (QED) is 0.869. The van der Waals surface area contributed by atoms with E-state index in [0.29, 0.717) is 19.0 Å². The fourth-order valence-electron chi connectivity index (χ4n) is 1.76. The van der Waals surface area contributed by atoms with Crippen LogP contribution in [0.5, 0.6) is 0 Å². The molecule has 1 aromatic heterocycles. The van der Waals surface area contributed by atoms with Gasteiger partial charge in [-0.15, -0.1) is 0 Å². The third-order valence-corrected chi connectivity index (χ3v) is 2.65. The minimum absolute atomic E-state index is 0.0874. The van der Waals surface area contributed by atoms with Crippen molar-refractivity contribution in [1.29, 1.82) is 0 Å². The van der Waals surface area contributed by atoms with Gasteiger partial charge in [-0.3, -0.25) is 0 Å². The lowest BCUT2D eigenvalue weighted by molar-refractivity contribution is 0.300. The molecule has 0 amide bonds. The maximum Gasteiger partial charge on any atom is 0.225 e. The molecular weight excluding hydrogens is 226 g/mol. The lowest BCUT2D eigenvalue weighted by Gasteiger charge is -2.21. The zero-order valence-corrected chi connectivity index (χ0v) is 10.5. The van der Waals surface area contributed by atoms with Crippen LogP contribution in [0, 0.1) is 6.92 Å². The van der Waals surface area contributed by atoms with E-state index in [9.17, 15) is 0 Å². The van der Waals surface area contributed by atoms with Crippen LogP contribution in [0.25, 0.3) is 0 Å². The summed E-state index contributed by atoms with van der Waals surface area (Å²) in [5.74, 6) is 0.660. The molecule has 94 valence electrons. The Balaban J connectivity index is 2.18. The molecule has 0 unspecified atom stereocenters. The topological polar surface area (TPSA) is 49.2 Å². The number of anilines is 1. The van der Waals surface area contributed by atoms with Crippen molar-refractivity contribution in [2.45, 2.75) is 13.5 Å². The minimum Gasteiger partial charge on any atom is -0.395 e. The molecule has 0 bridgehead atoms. The Morgan fingerprint density at radius 2 is 1.94 bits per heavy atom. The molecule has 0 radical (unpaired) electrons. The minimum atomic E-state index is 0.0874. The predicted molar refractivity (Wildman–Crippen MR) is 71.3 cm³/mol. The smallest absolute Gasteiger partial charge is 0.225 e. The van der Waals surface area contributed by atoms with E-state index in [2.05, 4.69) is 22.1 Å². The molecule has 4 heteroatoms. The van der Waals surface area contributed by atoms with Crippen molar-refractivity contribution in [3.05, 3.63) is 53.9 Å². The van der Waals surface area contributed by atoms with E-state index in [0.717, 1.165) is 5.69 Å². The maximum atomic E-state index is 9.15. The highest BCUT2D eigenvalue weighted by Gasteiger charge is 2.09. The standard InChI is InChI=1S/C14H17N3O/c1-12-7-8-15-14(16-12)17(9-10-18)11-13-5-3-2-4-6-13/h2-8,18H,9-11H2,1H3. The van der Waals surface area contributed by atoms with Gasteiger partial charge < -0.3 is 10.0 Å². The number of nitrogens with zero attached hydrogens (tertiary/aromatic N) is 3. The molecule has 0 aliphatic rings. The molecule has 0 fully saturated rings. The Morgan fingerprint density at radius 3 is 2.61 bits per heavy atom. The number of hydrogen-bond donors (Lipinski definition) is 1. The third-order valence-electron chi connectivity index (χ3n) is 2.65. The molecule has 0 atom stereocenters. The summed E-state index contributed by atoms with van der Waals surface area (Å²) in [6.45, 7) is 3.25. The first-order valence-corrected chi connectivity index (χ1v) is 5.99. The van der Waals surface area contributed by atoms with Gasteiger partial charge in [0.05, 0.1) is 6.61 Å². The number of aliphatic hydroxyl groups is 1. The predicted octanol–water partition coefficient (Wildman–Crippen LogP) is 1.78. The summed E-state index contributed by atoms with van der Waals surface area (Å²) in [5.41, 5.74) is 2.10. The molecular formula is C14H17N3O. The zero-order chi connectivity index (χ0) is 12.8. The Kier molecular flexibility index (Phi) is 4.25. The Labute approximate surface area is 107 Å². The van der Waals surface area contributed by atoms with Gasteiger partial charge in [0.25, 0.3) is 0 Å². The second kappa shape index (κ2) is 6.12. The van der Waals surface area contributed by atoms with E-state index < -0.39 is 0 Å². The summed E-state index contributed by atoms with van der Waals surface area (Å²) in [4.78, 5) is 10.6. The van der Waals surface area contributed by atoms with Crippen molar-refractivity contribution >= 4 is 5.95 Å². The van der Waals surface area contributed by atoms with E-state index >= 15 is 0 Å². The highest BCUT2D eigenvalue weighted by Crippen LogP contribution is 2.11. The van der Waals surface area contributed by atoms with Gasteiger partial charge in [0, 0.05) is 25.0 Å². The maximum absolute atomic E-state index is 9.15. The van der Waals surface area contributed by atoms with Crippen molar-refractivity contribution in [2.75, 3.05) is 18.1 Å². The summed E-state index contributed by atoms with van der Waals surface area (Å²) in [7, 11) is 0. The normalized spacial score (nSPS) is 10.3. The first-order chi connectivity index (χ1) is 8.79. The van der Waals surface area contributed by atoms with E-state index in [1.54, 1.807) is 6.20 Å². The third kappa shape index (κ3) is 3.28. The molecule has 2 aromatic rings. The first kappa shape index (κ1) is 12.5. The SMILES string of the molecule is Cc1ccnc(N(CCO)Cc2ccccc2)n1. The number of hydrogen-bond acceptors (Lipinski definition) is 4. The molecule has 1 heterocycles. The van der Waals surface area contributed by atoms with Crippen molar-refractivity contribution < 1.29 is 5.11 Å². The van der Waals surface area contributed by atoms with Crippen LogP contribution in [0.2, 0.25) is 0 Å². The van der Waals surface area contributed by atoms with E-state index in [1.807, 2.05) is 36.1 Å². The lowest BCUT2D eigenvalue weighted by atomic mass is 10.2. The Bertz CT molecular complexity index is 487. The molecule has 0 aliphatic heterocycles. The largest absolute Gasteiger partial charge is 0.395 e. The summed E-state index contributed by atoms with van der Waals surface area (Å²) < 4.78 is 0. The monoisotopic (exact) mass is 243 g/mol. The molecule has 1 N–H and O–H groups in total. The molecule has 1 aromatic carbocycles. The van der Waals surface area contributed by atoms with Gasteiger partial charge in [-0.1, -0.05) is 30.3 Å². The van der Waals surface area contributed by atoms with Gasteiger partial charge in [-0.25, -0.2) is 9.97 Å². The first-order valence-electron chi connectivity index (χ1n) is 5.99. The fraction of sp³-hybridized carbons (Fsp3) is 0.286. The highest BCUT2D eigenvalue weighted by atomic mass is 16.3. The zero-order valence-electron chi connectivity index (χ0n) is 10.5. The molecule has 0 aliphatic carbocycles. The summed E-state index contributed by atoms with van der Waals surface area (Å²) >= 11 is 0. The average Bonchev–Trinajstić information content (AvgIpc) is 2.39. The van der Waals surface area contributed by atoms with Gasteiger partial charge in [0.1, 0.15) is 0 Å². The lowest BCUT2D eigenvalue weighted by Crippen LogP contribution is -2.28. The van der Waals surface area contributed by atoms with E-state index in [1.165, 1.54) is 5.56 Å². The van der Waals surface area contributed by atoms with Crippen molar-refractivity contribution in [1.82, 2.24) is 9.97 Å². The summed E-state index contributed by atoms with van der Waals surface area (Å²) in [6.07, 6.45) is 1.74. The van der Waals surface area contributed by atoms with Crippen LogP contribution in [-0.4, -0.2) is 28.2 Å². The van der Waals surface area contributed by atoms with Crippen LogP contribution in [0.1, 0.15) is 11.3 Å². The molecule has 18 heavy (non-hydrogen) atoms. The van der Waals surface area contributed by atoms with Gasteiger partial charge in [-0.2, -0.15) is 0 Å². The Hall–Kier alpha value is -1.94. The van der Waals surface area contributed by atoms with Crippen LogP contribution in [0.3, 0.4) is 0 Å². The number of rotatable bonds is 5. The van der Waals surface area contributed by atoms with Crippen molar-refractivity contribution in [3.63, 3.8) is 0 Å².